The summed E-state index contributed by atoms with van der Waals surface area (Å²) < 4.78 is 1.97. The van der Waals surface area contributed by atoms with E-state index in [9.17, 15) is 4.79 Å². The molecule has 1 saturated heterocycles. The molecule has 5 heteroatoms. The number of rotatable bonds is 3. The minimum Gasteiger partial charge on any atom is -0.304 e. The first-order chi connectivity index (χ1) is 9.33. The normalized spacial score (nSPS) is 17.9. The Bertz CT molecular complexity index is 584. The third kappa shape index (κ3) is 2.14. The highest BCUT2D eigenvalue weighted by atomic mass is 16.1. The van der Waals surface area contributed by atoms with Gasteiger partial charge in [-0.05, 0) is 44.6 Å². The van der Waals surface area contributed by atoms with Crippen LogP contribution in [0.2, 0.25) is 0 Å². The number of nitrogens with zero attached hydrogens (tertiary/aromatic N) is 4. The molecule has 2 aromatic heterocycles. The summed E-state index contributed by atoms with van der Waals surface area (Å²) in [7, 11) is 0. The van der Waals surface area contributed by atoms with Crippen LogP contribution in [0.4, 0.5) is 0 Å². The van der Waals surface area contributed by atoms with E-state index in [2.05, 4.69) is 22.0 Å². The molecule has 1 fully saturated rings. The minimum absolute atomic E-state index is 0.444. The number of aldehydes is 1. The van der Waals surface area contributed by atoms with Gasteiger partial charge in [0.2, 0.25) is 0 Å². The van der Waals surface area contributed by atoms with E-state index >= 15 is 0 Å². The molecule has 1 aliphatic rings. The number of hydrogen-bond acceptors (Lipinski definition) is 4. The SMILES string of the molecule is CCN1CCC(c2nnc3c(C=O)cccn23)CC1. The maximum Gasteiger partial charge on any atom is 0.171 e. The molecule has 2 aromatic rings. The highest BCUT2D eigenvalue weighted by Crippen LogP contribution is 2.27. The molecule has 5 nitrogen and oxygen atoms in total. The summed E-state index contributed by atoms with van der Waals surface area (Å²) in [4.78, 5) is 13.5. The molecule has 3 rings (SSSR count). The van der Waals surface area contributed by atoms with Crippen LogP contribution in [0.15, 0.2) is 18.3 Å². The Morgan fingerprint density at radius 3 is 2.84 bits per heavy atom. The van der Waals surface area contributed by atoms with Gasteiger partial charge in [-0.1, -0.05) is 6.92 Å². The van der Waals surface area contributed by atoms with E-state index in [1.165, 1.54) is 0 Å². The van der Waals surface area contributed by atoms with Crippen LogP contribution in [0.5, 0.6) is 0 Å². The molecule has 0 amide bonds. The summed E-state index contributed by atoms with van der Waals surface area (Å²) in [5, 5.41) is 8.49. The number of likely N-dealkylation sites (tertiary alicyclic amines) is 1. The summed E-state index contributed by atoms with van der Waals surface area (Å²) in [6, 6.07) is 3.66. The number of aromatic nitrogens is 3. The van der Waals surface area contributed by atoms with Crippen molar-refractivity contribution in [2.75, 3.05) is 19.6 Å². The standard InChI is InChI=1S/C14H18N4O/c1-2-17-8-5-11(6-9-17)13-15-16-14-12(10-19)4-3-7-18(13)14/h3-4,7,10-11H,2,5-6,8-9H2,1H3. The van der Waals surface area contributed by atoms with Crippen molar-refractivity contribution in [2.45, 2.75) is 25.7 Å². The summed E-state index contributed by atoms with van der Waals surface area (Å²) in [6.07, 6.45) is 5.01. The number of pyridine rings is 1. The van der Waals surface area contributed by atoms with Gasteiger partial charge < -0.3 is 4.90 Å². The zero-order valence-corrected chi connectivity index (χ0v) is 11.1. The highest BCUT2D eigenvalue weighted by molar-refractivity contribution is 5.83. The molecular weight excluding hydrogens is 240 g/mol. The average Bonchev–Trinajstić information content (AvgIpc) is 2.91. The van der Waals surface area contributed by atoms with Gasteiger partial charge in [0.25, 0.3) is 0 Å². The molecule has 0 aromatic carbocycles. The second-order valence-corrected chi connectivity index (χ2v) is 5.04. The number of carbonyl (C=O) groups is 1. The van der Waals surface area contributed by atoms with E-state index in [1.54, 1.807) is 6.07 Å². The molecule has 0 N–H and O–H groups in total. The topological polar surface area (TPSA) is 50.5 Å². The number of hydrogen-bond donors (Lipinski definition) is 0. The van der Waals surface area contributed by atoms with Crippen LogP contribution in [-0.2, 0) is 0 Å². The fourth-order valence-electron chi connectivity index (χ4n) is 2.83. The van der Waals surface area contributed by atoms with Gasteiger partial charge in [0, 0.05) is 12.1 Å². The van der Waals surface area contributed by atoms with Gasteiger partial charge in [0.15, 0.2) is 11.9 Å². The lowest BCUT2D eigenvalue weighted by molar-refractivity contribution is 0.112. The predicted octanol–water partition coefficient (Wildman–Crippen LogP) is 1.74. The molecule has 19 heavy (non-hydrogen) atoms. The van der Waals surface area contributed by atoms with E-state index in [-0.39, 0.29) is 0 Å². The molecule has 0 saturated carbocycles. The van der Waals surface area contributed by atoms with Crippen molar-refractivity contribution >= 4 is 11.9 Å². The van der Waals surface area contributed by atoms with Gasteiger partial charge in [-0.15, -0.1) is 10.2 Å². The van der Waals surface area contributed by atoms with Crippen LogP contribution >= 0.6 is 0 Å². The van der Waals surface area contributed by atoms with Crippen LogP contribution in [0, 0.1) is 0 Å². The lowest BCUT2D eigenvalue weighted by Crippen LogP contribution is -2.33. The van der Waals surface area contributed by atoms with Crippen molar-refractivity contribution in [2.24, 2.45) is 0 Å². The fraction of sp³-hybridized carbons (Fsp3) is 0.500. The van der Waals surface area contributed by atoms with Crippen molar-refractivity contribution in [3.05, 3.63) is 29.7 Å². The van der Waals surface area contributed by atoms with E-state index in [0.29, 0.717) is 17.1 Å². The van der Waals surface area contributed by atoms with E-state index < -0.39 is 0 Å². The first kappa shape index (κ1) is 12.3. The molecule has 1 aliphatic heterocycles. The lowest BCUT2D eigenvalue weighted by atomic mass is 9.96. The zero-order valence-electron chi connectivity index (χ0n) is 11.1. The predicted molar refractivity (Wildman–Crippen MR) is 72.5 cm³/mol. The maximum atomic E-state index is 11.0. The Balaban J connectivity index is 1.92. The van der Waals surface area contributed by atoms with E-state index in [4.69, 9.17) is 0 Å². The van der Waals surface area contributed by atoms with Gasteiger partial charge in [-0.25, -0.2) is 0 Å². The average molecular weight is 258 g/mol. The molecule has 100 valence electrons. The Hall–Kier alpha value is -1.75. The Morgan fingerprint density at radius 2 is 2.16 bits per heavy atom. The van der Waals surface area contributed by atoms with Gasteiger partial charge >= 0.3 is 0 Å². The third-order valence-corrected chi connectivity index (χ3v) is 4.02. The second kappa shape index (κ2) is 5.09. The van der Waals surface area contributed by atoms with Crippen LogP contribution < -0.4 is 0 Å². The third-order valence-electron chi connectivity index (χ3n) is 4.02. The van der Waals surface area contributed by atoms with Crippen molar-refractivity contribution in [3.63, 3.8) is 0 Å². The van der Waals surface area contributed by atoms with Gasteiger partial charge in [0.05, 0.1) is 5.56 Å². The summed E-state index contributed by atoms with van der Waals surface area (Å²) >= 11 is 0. The second-order valence-electron chi connectivity index (χ2n) is 5.04. The van der Waals surface area contributed by atoms with Gasteiger partial charge in [-0.3, -0.25) is 9.20 Å². The summed E-state index contributed by atoms with van der Waals surface area (Å²) in [5.41, 5.74) is 1.28. The van der Waals surface area contributed by atoms with Crippen LogP contribution in [0.1, 0.15) is 41.9 Å². The molecule has 0 unspecified atom stereocenters. The monoisotopic (exact) mass is 258 g/mol. The lowest BCUT2D eigenvalue weighted by Gasteiger charge is -2.30. The van der Waals surface area contributed by atoms with Crippen LogP contribution in [0.25, 0.3) is 5.65 Å². The molecule has 0 radical (unpaired) electrons. The van der Waals surface area contributed by atoms with Gasteiger partial charge in [0.1, 0.15) is 5.82 Å². The zero-order chi connectivity index (χ0) is 13.2. The Kier molecular flexibility index (Phi) is 3.29. The smallest absolute Gasteiger partial charge is 0.171 e. The molecular formula is C14H18N4O. The van der Waals surface area contributed by atoms with E-state index in [1.807, 2.05) is 16.7 Å². The Labute approximate surface area is 112 Å². The quantitative estimate of drug-likeness (QED) is 0.787. The number of fused-ring (bicyclic) bond motifs is 1. The summed E-state index contributed by atoms with van der Waals surface area (Å²) in [6.45, 7) is 5.54. The van der Waals surface area contributed by atoms with Crippen molar-refractivity contribution < 1.29 is 4.79 Å². The molecule has 0 aliphatic carbocycles. The first-order valence-electron chi connectivity index (χ1n) is 6.84. The van der Waals surface area contributed by atoms with Crippen molar-refractivity contribution in [1.82, 2.24) is 19.5 Å². The van der Waals surface area contributed by atoms with Crippen LogP contribution in [0.3, 0.4) is 0 Å². The Morgan fingerprint density at radius 1 is 1.37 bits per heavy atom. The number of piperidine rings is 1. The maximum absolute atomic E-state index is 11.0. The molecule has 0 spiro atoms. The minimum atomic E-state index is 0.444. The first-order valence-corrected chi connectivity index (χ1v) is 6.84. The van der Waals surface area contributed by atoms with Crippen molar-refractivity contribution in [3.8, 4) is 0 Å². The largest absolute Gasteiger partial charge is 0.304 e. The molecule has 0 bridgehead atoms. The summed E-state index contributed by atoms with van der Waals surface area (Å²) in [5.74, 6) is 1.44. The van der Waals surface area contributed by atoms with Gasteiger partial charge in [-0.2, -0.15) is 0 Å². The highest BCUT2D eigenvalue weighted by Gasteiger charge is 2.24. The van der Waals surface area contributed by atoms with Crippen molar-refractivity contribution in [1.29, 1.82) is 0 Å². The van der Waals surface area contributed by atoms with E-state index in [0.717, 1.165) is 44.6 Å². The van der Waals surface area contributed by atoms with Crippen LogP contribution in [-0.4, -0.2) is 45.4 Å². The molecule has 3 heterocycles. The fourth-order valence-corrected chi connectivity index (χ4v) is 2.83. The molecule has 0 atom stereocenters. The number of carbonyl (C=O) groups excluding carboxylic acids is 1.